The highest BCUT2D eigenvalue weighted by atomic mass is 32.1. The third kappa shape index (κ3) is 4.91. The van der Waals surface area contributed by atoms with Crippen molar-refractivity contribution in [3.8, 4) is 0 Å². The number of azide groups is 1. The highest BCUT2D eigenvalue weighted by Gasteiger charge is 1.53. The van der Waals surface area contributed by atoms with Crippen LogP contribution >= 0.6 is 0 Å². The van der Waals surface area contributed by atoms with Crippen molar-refractivity contribution < 1.29 is 4.21 Å². The summed E-state index contributed by atoms with van der Waals surface area (Å²) in [6.07, 6.45) is 0. The molecule has 0 radical (unpaired) electrons. The molecule has 0 aromatic heterocycles. The van der Waals surface area contributed by atoms with Crippen LogP contribution in [0.3, 0.4) is 0 Å². The normalized spacial score (nSPS) is 5.14. The second-order valence-corrected chi connectivity index (χ2v) is 0.803. The Morgan fingerprint density at radius 2 is 2.57 bits per heavy atom. The van der Waals surface area contributed by atoms with Gasteiger partial charge in [-0.15, -0.1) is 5.53 Å². The summed E-state index contributed by atoms with van der Waals surface area (Å²) in [5.41, 5.74) is 7.51. The van der Waals surface area contributed by atoms with Crippen LogP contribution in [0.1, 0.15) is 0 Å². The molecular weight excluding hydrogens is 116 g/mol. The Kier molecular flexibility index (Phi) is 4.15. The highest BCUT2D eigenvalue weighted by molar-refractivity contribution is 7.64. The van der Waals surface area contributed by atoms with Crippen molar-refractivity contribution in [1.82, 2.24) is 0 Å². The van der Waals surface area contributed by atoms with Crippen LogP contribution in [0.25, 0.3) is 10.4 Å². The van der Waals surface area contributed by atoms with Gasteiger partial charge >= 0.3 is 0 Å². The lowest BCUT2D eigenvalue weighted by molar-refractivity contribution is 0.701. The largest absolute Gasteiger partial charge is 0.235 e. The minimum Gasteiger partial charge on any atom is -0.199 e. The average Bonchev–Trinajstić information content (AvgIpc) is 1.69. The van der Waals surface area contributed by atoms with Gasteiger partial charge in [0.05, 0.1) is 0 Å². The Labute approximate surface area is 42.3 Å². The summed E-state index contributed by atoms with van der Waals surface area (Å²) in [7, 11) is 0. The number of hydrogen-bond donors (Lipinski definition) is 0. The molecule has 0 saturated carbocycles. The van der Waals surface area contributed by atoms with E-state index in [0.29, 0.717) is 0 Å². The molecule has 0 aromatic rings. The third-order valence-electron chi connectivity index (χ3n) is 0.163. The van der Waals surface area contributed by atoms with Gasteiger partial charge in [0.15, 0.2) is 11.3 Å². The molecular formula is CN4OS. The number of isothiocyanates is 1. The maximum absolute atomic E-state index is 9.33. The second kappa shape index (κ2) is 4.91. The van der Waals surface area contributed by atoms with Gasteiger partial charge in [-0.05, 0) is 0 Å². The lowest BCUT2D eigenvalue weighted by atomic mass is 11.7. The lowest BCUT2D eigenvalue weighted by Crippen LogP contribution is -1.42. The smallest absolute Gasteiger partial charge is 0.199 e. The first kappa shape index (κ1) is 5.91. The van der Waals surface area contributed by atoms with Crippen molar-refractivity contribution in [2.75, 3.05) is 0 Å². The molecule has 0 saturated heterocycles. The second-order valence-electron chi connectivity index (χ2n) is 0.454. The minimum atomic E-state index is 0.0100. The van der Waals surface area contributed by atoms with Gasteiger partial charge in [0.25, 0.3) is 0 Å². The summed E-state index contributed by atoms with van der Waals surface area (Å²) in [4.78, 5) is 2.22. The van der Waals surface area contributed by atoms with Gasteiger partial charge in [-0.25, -0.2) is 0 Å². The van der Waals surface area contributed by atoms with Crippen LogP contribution in [0.5, 0.6) is 0 Å². The van der Waals surface area contributed by atoms with Gasteiger partial charge in [-0.1, -0.05) is 0 Å². The van der Waals surface area contributed by atoms with Gasteiger partial charge in [-0.3, -0.25) is 0 Å². The molecule has 0 aromatic carbocycles. The van der Waals surface area contributed by atoms with Crippen LogP contribution in [0.2, 0.25) is 0 Å². The standard InChI is InChI=1S/CN4OS/c2-4-5-3-1-7-6. The molecule has 0 aliphatic heterocycles. The van der Waals surface area contributed by atoms with E-state index in [-0.39, 0.29) is 11.3 Å². The van der Waals surface area contributed by atoms with Crippen molar-refractivity contribution in [1.29, 1.82) is 0 Å². The molecule has 0 unspecified atom stereocenters. The summed E-state index contributed by atoms with van der Waals surface area (Å²) in [5.74, 6) is 0. The fourth-order valence-corrected chi connectivity index (χ4v) is 0.125. The maximum Gasteiger partial charge on any atom is 0.235 e. The molecule has 0 heterocycles. The molecule has 0 N–H and O–H groups in total. The summed E-state index contributed by atoms with van der Waals surface area (Å²) in [6, 6.07) is 0. The highest BCUT2D eigenvalue weighted by Crippen LogP contribution is 1.62. The molecule has 5 nitrogen and oxygen atoms in total. The predicted octanol–water partition coefficient (Wildman–Crippen LogP) is 0.330. The Morgan fingerprint density at radius 3 is 3.00 bits per heavy atom. The Balaban J connectivity index is 3.96. The van der Waals surface area contributed by atoms with E-state index in [1.807, 2.05) is 5.16 Å². The van der Waals surface area contributed by atoms with Crippen molar-refractivity contribution >= 4 is 16.4 Å². The lowest BCUT2D eigenvalue weighted by Gasteiger charge is -1.44. The zero-order valence-electron chi connectivity index (χ0n) is 3.11. The quantitative estimate of drug-likeness (QED) is 0.121. The molecule has 0 spiro atoms. The van der Waals surface area contributed by atoms with Crippen LogP contribution in [0, 0.1) is 0 Å². The Hall–Kier alpha value is -1.09. The predicted molar refractivity (Wildman–Crippen MR) is 24.7 cm³/mol. The molecule has 6 heteroatoms. The molecule has 0 atom stereocenters. The molecule has 36 valence electrons. The van der Waals surface area contributed by atoms with E-state index in [9.17, 15) is 4.21 Å². The van der Waals surface area contributed by atoms with E-state index in [1.54, 1.807) is 0 Å². The van der Waals surface area contributed by atoms with E-state index in [2.05, 4.69) is 15.2 Å². The van der Waals surface area contributed by atoms with Crippen molar-refractivity contribution in [3.05, 3.63) is 10.4 Å². The van der Waals surface area contributed by atoms with Crippen LogP contribution in [-0.4, -0.2) is 9.37 Å². The van der Waals surface area contributed by atoms with E-state index in [1.165, 1.54) is 0 Å². The van der Waals surface area contributed by atoms with Gasteiger partial charge in [0.1, 0.15) is 0 Å². The Bertz CT molecular complexity index is 168. The topological polar surface area (TPSA) is 78.2 Å². The summed E-state index contributed by atoms with van der Waals surface area (Å²) >= 11 is 0.0100. The molecule has 0 fully saturated rings. The van der Waals surface area contributed by atoms with Crippen LogP contribution in [0.4, 0.5) is 0 Å². The first-order valence-electron chi connectivity index (χ1n) is 1.19. The molecule has 0 rings (SSSR count). The first-order chi connectivity index (χ1) is 3.41. The van der Waals surface area contributed by atoms with Crippen molar-refractivity contribution in [2.45, 2.75) is 0 Å². The monoisotopic (exact) mass is 116 g/mol. The SMILES string of the molecule is [N-]=[N+]=NN=C=S=O. The number of nitrogens with zero attached hydrogens (tertiary/aromatic N) is 4. The minimum absolute atomic E-state index is 0.0100. The first-order valence-corrected chi connectivity index (χ1v) is 1.94. The van der Waals surface area contributed by atoms with Crippen LogP contribution in [-0.2, 0) is 11.3 Å². The zero-order valence-corrected chi connectivity index (χ0v) is 3.92. The van der Waals surface area contributed by atoms with Crippen LogP contribution in [0.15, 0.2) is 10.3 Å². The van der Waals surface area contributed by atoms with Crippen molar-refractivity contribution in [3.63, 3.8) is 0 Å². The van der Waals surface area contributed by atoms with Crippen molar-refractivity contribution in [2.24, 2.45) is 10.3 Å². The molecule has 0 bridgehead atoms. The summed E-state index contributed by atoms with van der Waals surface area (Å²) in [5, 5.41) is 7.27. The number of hydrogen-bond acceptors (Lipinski definition) is 2. The van der Waals surface area contributed by atoms with E-state index in [4.69, 9.17) is 5.53 Å². The van der Waals surface area contributed by atoms with E-state index in [0.717, 1.165) is 0 Å². The Morgan fingerprint density at radius 1 is 1.86 bits per heavy atom. The molecule has 0 aliphatic carbocycles. The van der Waals surface area contributed by atoms with Gasteiger partial charge in [0, 0.05) is 10.3 Å². The maximum atomic E-state index is 9.33. The van der Waals surface area contributed by atoms with Gasteiger partial charge < -0.3 is 0 Å². The van der Waals surface area contributed by atoms with E-state index < -0.39 is 0 Å². The number of rotatable bonds is 1. The summed E-state index contributed by atoms with van der Waals surface area (Å²) < 4.78 is 9.33. The summed E-state index contributed by atoms with van der Waals surface area (Å²) in [6.45, 7) is 0. The fourth-order valence-electron chi connectivity index (χ4n) is 0.0549. The molecule has 0 aliphatic rings. The van der Waals surface area contributed by atoms with Crippen LogP contribution < -0.4 is 0 Å². The van der Waals surface area contributed by atoms with Gasteiger partial charge in [-0.2, -0.15) is 9.12 Å². The third-order valence-corrected chi connectivity index (χ3v) is 0.319. The average molecular weight is 116 g/mol. The molecule has 7 heavy (non-hydrogen) atoms. The zero-order chi connectivity index (χ0) is 5.54. The van der Waals surface area contributed by atoms with E-state index >= 15 is 0 Å². The fraction of sp³-hybridized carbons (Fsp3) is 0. The molecule has 0 amide bonds. The van der Waals surface area contributed by atoms with Gasteiger partial charge in [0.2, 0.25) is 5.16 Å².